The topological polar surface area (TPSA) is 30.0 Å². The summed E-state index contributed by atoms with van der Waals surface area (Å²) in [6.45, 7) is 1.94. The lowest BCUT2D eigenvalue weighted by Crippen LogP contribution is -2.03. The van der Waals surface area contributed by atoms with Crippen LogP contribution in [-0.4, -0.2) is 17.0 Å². The molecule has 0 spiro atoms. The Hall–Kier alpha value is -1.13. The molecule has 0 radical (unpaired) electrons. The Bertz CT molecular complexity index is 516. The molecule has 1 aromatic heterocycles. The first-order chi connectivity index (χ1) is 8.19. The van der Waals surface area contributed by atoms with Gasteiger partial charge in [0, 0.05) is 21.5 Å². The van der Waals surface area contributed by atoms with Crippen LogP contribution in [-0.2, 0) is 6.42 Å². The first-order valence-corrected chi connectivity index (χ1v) is 7.38. The average molecular weight is 263 g/mol. The lowest BCUT2D eigenvalue weighted by Gasteiger charge is -2.00. The van der Waals surface area contributed by atoms with Crippen LogP contribution in [0, 0.1) is 6.92 Å². The number of aryl methyl sites for hydroxylation is 1. The number of rotatable bonds is 4. The fourth-order valence-corrected chi connectivity index (χ4v) is 2.68. The van der Waals surface area contributed by atoms with Crippen molar-refractivity contribution in [1.82, 2.24) is 4.98 Å². The third-order valence-electron chi connectivity index (χ3n) is 2.39. The maximum atomic E-state index is 12.0. The Kier molecular flexibility index (Phi) is 3.97. The van der Waals surface area contributed by atoms with Crippen LogP contribution in [0.3, 0.4) is 0 Å². The zero-order valence-electron chi connectivity index (χ0n) is 9.77. The maximum absolute atomic E-state index is 12.0. The molecule has 0 aliphatic carbocycles. The predicted octanol–water partition coefficient (Wildman–Crippen LogP) is 3.60. The molecule has 0 saturated carbocycles. The summed E-state index contributed by atoms with van der Waals surface area (Å²) in [5.74, 6) is 0.131. The molecule has 1 aromatic carbocycles. The second kappa shape index (κ2) is 5.47. The van der Waals surface area contributed by atoms with Gasteiger partial charge in [-0.25, -0.2) is 4.98 Å². The molecule has 0 saturated heterocycles. The molecule has 4 heteroatoms. The predicted molar refractivity (Wildman–Crippen MR) is 73.1 cm³/mol. The molecule has 0 amide bonds. The summed E-state index contributed by atoms with van der Waals surface area (Å²) in [5, 5.41) is 2.86. The Labute approximate surface area is 109 Å². The molecule has 0 atom stereocenters. The Balaban J connectivity index is 2.09. The van der Waals surface area contributed by atoms with Gasteiger partial charge in [0.1, 0.15) is 5.01 Å². The molecule has 2 aromatic rings. The highest BCUT2D eigenvalue weighted by Crippen LogP contribution is 2.17. The summed E-state index contributed by atoms with van der Waals surface area (Å²) >= 11 is 3.22. The molecule has 0 fully saturated rings. The van der Waals surface area contributed by atoms with Crippen molar-refractivity contribution in [3.63, 3.8) is 0 Å². The molecule has 2 nitrogen and oxygen atoms in total. The van der Waals surface area contributed by atoms with Crippen LogP contribution in [0.15, 0.2) is 34.5 Å². The minimum absolute atomic E-state index is 0.131. The minimum Gasteiger partial charge on any atom is -0.294 e. The van der Waals surface area contributed by atoms with Crippen molar-refractivity contribution in [3.8, 4) is 0 Å². The van der Waals surface area contributed by atoms with E-state index in [-0.39, 0.29) is 5.78 Å². The third kappa shape index (κ3) is 3.17. The van der Waals surface area contributed by atoms with E-state index >= 15 is 0 Å². The first-order valence-electron chi connectivity index (χ1n) is 5.27. The molecule has 0 unspecified atom stereocenters. The average Bonchev–Trinajstić information content (AvgIpc) is 2.75. The largest absolute Gasteiger partial charge is 0.294 e. The number of carbonyl (C=O) groups is 1. The van der Waals surface area contributed by atoms with Gasteiger partial charge in [-0.3, -0.25) is 4.79 Å². The van der Waals surface area contributed by atoms with Gasteiger partial charge in [0.2, 0.25) is 0 Å². The highest BCUT2D eigenvalue weighted by molar-refractivity contribution is 7.98. The lowest BCUT2D eigenvalue weighted by molar-refractivity contribution is 0.0993. The minimum atomic E-state index is 0.131. The number of hydrogen-bond donors (Lipinski definition) is 0. The van der Waals surface area contributed by atoms with E-state index < -0.39 is 0 Å². The van der Waals surface area contributed by atoms with Crippen LogP contribution >= 0.6 is 23.1 Å². The molecule has 0 aliphatic heterocycles. The molecule has 0 aliphatic rings. The van der Waals surface area contributed by atoms with Crippen LogP contribution in [0.2, 0.25) is 0 Å². The van der Waals surface area contributed by atoms with Gasteiger partial charge in [0.05, 0.1) is 6.42 Å². The number of ketones is 1. The Morgan fingerprint density at radius 3 is 2.59 bits per heavy atom. The van der Waals surface area contributed by atoms with Gasteiger partial charge in [-0.05, 0) is 25.3 Å². The highest BCUT2D eigenvalue weighted by Gasteiger charge is 2.09. The summed E-state index contributed by atoms with van der Waals surface area (Å²) in [4.78, 5) is 17.5. The fraction of sp³-hybridized carbons (Fsp3) is 0.231. The Morgan fingerprint density at radius 1 is 1.35 bits per heavy atom. The number of Topliss-reactive ketones (excluding diaryl/α,β-unsaturated/α-hetero) is 1. The van der Waals surface area contributed by atoms with Crippen molar-refractivity contribution >= 4 is 28.9 Å². The maximum Gasteiger partial charge on any atom is 0.169 e. The summed E-state index contributed by atoms with van der Waals surface area (Å²) < 4.78 is 0. The number of aromatic nitrogens is 1. The zero-order valence-corrected chi connectivity index (χ0v) is 11.4. The number of nitrogens with zero attached hydrogens (tertiary/aromatic N) is 1. The van der Waals surface area contributed by atoms with Gasteiger partial charge in [0.25, 0.3) is 0 Å². The van der Waals surface area contributed by atoms with Gasteiger partial charge in [-0.15, -0.1) is 23.1 Å². The van der Waals surface area contributed by atoms with E-state index in [1.807, 2.05) is 42.8 Å². The molecular weight excluding hydrogens is 250 g/mol. The monoisotopic (exact) mass is 263 g/mol. The van der Waals surface area contributed by atoms with E-state index in [9.17, 15) is 4.79 Å². The molecule has 17 heavy (non-hydrogen) atoms. The van der Waals surface area contributed by atoms with Gasteiger partial charge in [-0.2, -0.15) is 0 Å². The SMILES string of the molecule is CSc1ccc(C(=O)Cc2nc(C)cs2)cc1. The van der Waals surface area contributed by atoms with Crippen molar-refractivity contribution < 1.29 is 4.79 Å². The number of benzene rings is 1. The lowest BCUT2D eigenvalue weighted by atomic mass is 10.1. The normalized spacial score (nSPS) is 10.5. The van der Waals surface area contributed by atoms with Crippen molar-refractivity contribution in [2.45, 2.75) is 18.2 Å². The van der Waals surface area contributed by atoms with Crippen molar-refractivity contribution in [2.75, 3.05) is 6.26 Å². The van der Waals surface area contributed by atoms with Crippen LogP contribution in [0.4, 0.5) is 0 Å². The van der Waals surface area contributed by atoms with E-state index in [1.165, 1.54) is 4.90 Å². The van der Waals surface area contributed by atoms with Crippen molar-refractivity contribution in [3.05, 3.63) is 45.9 Å². The van der Waals surface area contributed by atoms with Gasteiger partial charge in [-0.1, -0.05) is 12.1 Å². The molecule has 1 heterocycles. The quantitative estimate of drug-likeness (QED) is 0.623. The number of carbonyl (C=O) groups excluding carboxylic acids is 1. The number of thiazole rings is 1. The van der Waals surface area contributed by atoms with Gasteiger partial charge >= 0.3 is 0 Å². The number of thioether (sulfide) groups is 1. The summed E-state index contributed by atoms with van der Waals surface area (Å²) in [5.41, 5.74) is 1.74. The van der Waals surface area contributed by atoms with Crippen LogP contribution in [0.25, 0.3) is 0 Å². The molecule has 88 valence electrons. The highest BCUT2D eigenvalue weighted by atomic mass is 32.2. The molecular formula is C13H13NOS2. The van der Waals surface area contributed by atoms with Gasteiger partial charge in [0.15, 0.2) is 5.78 Å². The van der Waals surface area contributed by atoms with Crippen LogP contribution in [0.1, 0.15) is 21.1 Å². The molecule has 2 rings (SSSR count). The zero-order chi connectivity index (χ0) is 12.3. The number of hydrogen-bond acceptors (Lipinski definition) is 4. The van der Waals surface area contributed by atoms with Crippen molar-refractivity contribution in [2.24, 2.45) is 0 Å². The third-order valence-corrected chi connectivity index (χ3v) is 4.10. The molecule has 0 N–H and O–H groups in total. The van der Waals surface area contributed by atoms with E-state index in [2.05, 4.69) is 4.98 Å². The van der Waals surface area contributed by atoms with Gasteiger partial charge < -0.3 is 0 Å². The smallest absolute Gasteiger partial charge is 0.169 e. The second-order valence-electron chi connectivity index (χ2n) is 3.71. The fourth-order valence-electron chi connectivity index (χ4n) is 1.50. The van der Waals surface area contributed by atoms with Crippen LogP contribution in [0.5, 0.6) is 0 Å². The summed E-state index contributed by atoms with van der Waals surface area (Å²) in [6, 6.07) is 7.72. The molecule has 0 bridgehead atoms. The first kappa shape index (κ1) is 12.3. The second-order valence-corrected chi connectivity index (χ2v) is 5.53. The Morgan fingerprint density at radius 2 is 2.06 bits per heavy atom. The van der Waals surface area contributed by atoms with E-state index in [0.29, 0.717) is 6.42 Å². The van der Waals surface area contributed by atoms with E-state index in [4.69, 9.17) is 0 Å². The van der Waals surface area contributed by atoms with Crippen LogP contribution < -0.4 is 0 Å². The van der Waals surface area contributed by atoms with E-state index in [1.54, 1.807) is 23.1 Å². The van der Waals surface area contributed by atoms with E-state index in [0.717, 1.165) is 16.3 Å². The summed E-state index contributed by atoms with van der Waals surface area (Å²) in [7, 11) is 0. The van der Waals surface area contributed by atoms with Crippen molar-refractivity contribution in [1.29, 1.82) is 0 Å². The standard InChI is InChI=1S/C13H13NOS2/c1-9-8-17-13(14-9)7-12(15)10-3-5-11(16-2)6-4-10/h3-6,8H,7H2,1-2H3. The summed E-state index contributed by atoms with van der Waals surface area (Å²) in [6.07, 6.45) is 2.42.